The van der Waals surface area contributed by atoms with Crippen LogP contribution in [0.3, 0.4) is 0 Å². The van der Waals surface area contributed by atoms with E-state index < -0.39 is 5.60 Å². The lowest BCUT2D eigenvalue weighted by Gasteiger charge is -2.36. The maximum Gasteiger partial charge on any atom is 0.147 e. The second-order valence-electron chi connectivity index (χ2n) is 6.31. The monoisotopic (exact) mass is 425 g/mol. The number of nitrogens with zero attached hydrogens (tertiary/aromatic N) is 2. The Bertz CT molecular complexity index is 685. The van der Waals surface area contributed by atoms with Crippen LogP contribution in [0.1, 0.15) is 25.1 Å². The lowest BCUT2D eigenvalue weighted by molar-refractivity contribution is -0.184. The number of halogens is 1. The zero-order valence-electron chi connectivity index (χ0n) is 13.2. The number of rotatable bonds is 5. The molecule has 1 aromatic carbocycles. The summed E-state index contributed by atoms with van der Waals surface area (Å²) >= 11 is 2.29. The lowest BCUT2D eigenvalue weighted by atomic mass is 9.92. The fraction of sp³-hybridized carbons (Fsp3) is 0.412. The Labute approximate surface area is 149 Å². The second kappa shape index (κ2) is 6.70. The SMILES string of the molecule is CC(C)Cc1ncnc(Nc2ccc(C3(O)COC3)cc2)c1I. The molecule has 3 rings (SSSR count). The van der Waals surface area contributed by atoms with Gasteiger partial charge in [-0.1, -0.05) is 26.0 Å². The van der Waals surface area contributed by atoms with Crippen molar-refractivity contribution < 1.29 is 9.84 Å². The van der Waals surface area contributed by atoms with E-state index in [1.54, 1.807) is 6.33 Å². The van der Waals surface area contributed by atoms with E-state index >= 15 is 0 Å². The molecule has 0 radical (unpaired) electrons. The number of anilines is 2. The summed E-state index contributed by atoms with van der Waals surface area (Å²) in [5.74, 6) is 1.37. The average Bonchev–Trinajstić information content (AvgIpc) is 2.49. The fourth-order valence-electron chi connectivity index (χ4n) is 2.49. The van der Waals surface area contributed by atoms with Gasteiger partial charge < -0.3 is 15.2 Å². The first-order valence-electron chi connectivity index (χ1n) is 7.65. The van der Waals surface area contributed by atoms with Gasteiger partial charge in [0, 0.05) is 5.69 Å². The van der Waals surface area contributed by atoms with Crippen LogP contribution < -0.4 is 5.32 Å². The average molecular weight is 425 g/mol. The molecule has 6 heteroatoms. The Morgan fingerprint density at radius 2 is 1.96 bits per heavy atom. The van der Waals surface area contributed by atoms with Crippen molar-refractivity contribution in [3.8, 4) is 0 Å². The van der Waals surface area contributed by atoms with E-state index in [0.29, 0.717) is 19.1 Å². The maximum absolute atomic E-state index is 10.3. The molecule has 0 amide bonds. The molecule has 0 atom stereocenters. The normalized spacial score (nSPS) is 16.2. The van der Waals surface area contributed by atoms with Crippen molar-refractivity contribution in [3.05, 3.63) is 45.4 Å². The number of ether oxygens (including phenoxy) is 1. The number of benzene rings is 1. The molecule has 0 unspecified atom stereocenters. The van der Waals surface area contributed by atoms with Gasteiger partial charge in [-0.3, -0.25) is 0 Å². The van der Waals surface area contributed by atoms with Crippen LogP contribution in [-0.4, -0.2) is 28.3 Å². The van der Waals surface area contributed by atoms with Crippen LogP contribution in [0.15, 0.2) is 30.6 Å². The summed E-state index contributed by atoms with van der Waals surface area (Å²) in [6, 6.07) is 7.75. The van der Waals surface area contributed by atoms with E-state index in [1.807, 2.05) is 24.3 Å². The quantitative estimate of drug-likeness (QED) is 0.721. The molecular formula is C17H20IN3O2. The zero-order chi connectivity index (χ0) is 16.4. The van der Waals surface area contributed by atoms with Crippen molar-refractivity contribution in [1.82, 2.24) is 9.97 Å². The lowest BCUT2D eigenvalue weighted by Crippen LogP contribution is -2.46. The molecule has 0 bridgehead atoms. The second-order valence-corrected chi connectivity index (χ2v) is 7.39. The molecule has 1 fully saturated rings. The molecule has 0 spiro atoms. The first-order valence-corrected chi connectivity index (χ1v) is 8.73. The topological polar surface area (TPSA) is 67.3 Å². The van der Waals surface area contributed by atoms with Crippen molar-refractivity contribution in [2.24, 2.45) is 5.92 Å². The van der Waals surface area contributed by atoms with Gasteiger partial charge in [0.05, 0.1) is 22.5 Å². The van der Waals surface area contributed by atoms with Crippen LogP contribution in [0, 0.1) is 9.49 Å². The summed E-state index contributed by atoms with van der Waals surface area (Å²) in [4.78, 5) is 8.72. The summed E-state index contributed by atoms with van der Waals surface area (Å²) in [6.07, 6.45) is 2.53. The van der Waals surface area contributed by atoms with Gasteiger partial charge in [0.1, 0.15) is 17.7 Å². The third-order valence-corrected chi connectivity index (χ3v) is 4.96. The van der Waals surface area contributed by atoms with Gasteiger partial charge in [-0.05, 0) is 52.6 Å². The number of hydrogen-bond donors (Lipinski definition) is 2. The summed E-state index contributed by atoms with van der Waals surface area (Å²) in [5.41, 5.74) is 2.05. The Balaban J connectivity index is 1.77. The van der Waals surface area contributed by atoms with Gasteiger partial charge >= 0.3 is 0 Å². The Morgan fingerprint density at radius 3 is 2.52 bits per heavy atom. The molecular weight excluding hydrogens is 405 g/mol. The van der Waals surface area contributed by atoms with Gasteiger partial charge in [-0.2, -0.15) is 0 Å². The summed E-state index contributed by atoms with van der Waals surface area (Å²) in [7, 11) is 0. The van der Waals surface area contributed by atoms with Gasteiger partial charge in [0.2, 0.25) is 0 Å². The van der Waals surface area contributed by atoms with E-state index in [9.17, 15) is 5.11 Å². The van der Waals surface area contributed by atoms with Crippen LogP contribution >= 0.6 is 22.6 Å². The molecule has 5 nitrogen and oxygen atoms in total. The first kappa shape index (κ1) is 16.6. The minimum absolute atomic E-state index is 0.363. The zero-order valence-corrected chi connectivity index (χ0v) is 15.4. The van der Waals surface area contributed by atoms with Gasteiger partial charge in [-0.15, -0.1) is 0 Å². The smallest absolute Gasteiger partial charge is 0.147 e. The number of aliphatic hydroxyl groups is 1. The molecule has 122 valence electrons. The minimum atomic E-state index is -0.827. The van der Waals surface area contributed by atoms with Crippen LogP contribution in [0.2, 0.25) is 0 Å². The molecule has 1 aliphatic rings. The molecule has 1 aliphatic heterocycles. The molecule has 0 aliphatic carbocycles. The van der Waals surface area contributed by atoms with E-state index in [4.69, 9.17) is 4.74 Å². The van der Waals surface area contributed by atoms with Gasteiger partial charge in [0.15, 0.2) is 0 Å². The minimum Gasteiger partial charge on any atom is -0.380 e. The molecule has 0 saturated carbocycles. The molecule has 1 saturated heterocycles. The molecule has 23 heavy (non-hydrogen) atoms. The number of nitrogens with one attached hydrogen (secondary N) is 1. The highest BCUT2D eigenvalue weighted by Crippen LogP contribution is 2.31. The first-order chi connectivity index (χ1) is 11.0. The molecule has 2 heterocycles. The van der Waals surface area contributed by atoms with E-state index in [-0.39, 0.29) is 0 Å². The molecule has 1 aromatic heterocycles. The third-order valence-electron chi connectivity index (χ3n) is 3.83. The Morgan fingerprint density at radius 1 is 1.26 bits per heavy atom. The largest absolute Gasteiger partial charge is 0.380 e. The summed E-state index contributed by atoms with van der Waals surface area (Å²) in [6.45, 7) is 5.09. The van der Waals surface area contributed by atoms with E-state index in [1.165, 1.54) is 0 Å². The summed E-state index contributed by atoms with van der Waals surface area (Å²) < 4.78 is 6.15. The van der Waals surface area contributed by atoms with Crippen molar-refractivity contribution in [2.75, 3.05) is 18.5 Å². The van der Waals surface area contributed by atoms with Gasteiger partial charge in [-0.25, -0.2) is 9.97 Å². The van der Waals surface area contributed by atoms with E-state index in [0.717, 1.165) is 32.8 Å². The van der Waals surface area contributed by atoms with Crippen LogP contribution in [0.5, 0.6) is 0 Å². The Hall–Kier alpha value is -1.25. The Kier molecular flexibility index (Phi) is 4.84. The van der Waals surface area contributed by atoms with Crippen molar-refractivity contribution in [3.63, 3.8) is 0 Å². The van der Waals surface area contributed by atoms with E-state index in [2.05, 4.69) is 51.7 Å². The van der Waals surface area contributed by atoms with Crippen molar-refractivity contribution >= 4 is 34.1 Å². The predicted molar refractivity (Wildman–Crippen MR) is 97.7 cm³/mol. The fourth-order valence-corrected chi connectivity index (χ4v) is 3.12. The van der Waals surface area contributed by atoms with Crippen LogP contribution in [0.25, 0.3) is 0 Å². The maximum atomic E-state index is 10.3. The standard InChI is InChI=1S/C17H20IN3O2/c1-11(2)7-14-15(18)16(20-10-19-14)21-13-5-3-12(4-6-13)17(22)8-23-9-17/h3-6,10-11,22H,7-9H2,1-2H3,(H,19,20,21). The van der Waals surface area contributed by atoms with Gasteiger partial charge in [0.25, 0.3) is 0 Å². The van der Waals surface area contributed by atoms with Crippen molar-refractivity contribution in [1.29, 1.82) is 0 Å². The highest BCUT2D eigenvalue weighted by molar-refractivity contribution is 14.1. The summed E-state index contributed by atoms with van der Waals surface area (Å²) in [5, 5.41) is 13.6. The number of hydrogen-bond acceptors (Lipinski definition) is 5. The molecule has 2 aromatic rings. The predicted octanol–water partition coefficient (Wildman–Crippen LogP) is 3.24. The molecule has 2 N–H and O–H groups in total. The van der Waals surface area contributed by atoms with Crippen LogP contribution in [0.4, 0.5) is 11.5 Å². The van der Waals surface area contributed by atoms with Crippen LogP contribution in [-0.2, 0) is 16.8 Å². The highest BCUT2D eigenvalue weighted by Gasteiger charge is 2.37. The van der Waals surface area contributed by atoms with Crippen molar-refractivity contribution in [2.45, 2.75) is 25.9 Å². The number of aromatic nitrogens is 2. The third kappa shape index (κ3) is 3.64. The highest BCUT2D eigenvalue weighted by atomic mass is 127.